The molecule has 35 heavy (non-hydrogen) atoms. The molecular formula is C28H43NO5Si. The molecule has 0 heterocycles. The Morgan fingerprint density at radius 2 is 1.60 bits per heavy atom. The first kappa shape index (κ1) is 28.9. The number of benzene rings is 1. The SMILES string of the molecule is CC[Si](CC)(CC)CCOCCCCOC(=O)/C(C#N)=C1\CC(C)(C)c2cc(OC)c(OC)cc21. The van der Waals surface area contributed by atoms with Crippen molar-refractivity contribution in [2.24, 2.45) is 0 Å². The fourth-order valence-corrected chi connectivity index (χ4v) is 8.13. The molecule has 0 saturated carbocycles. The van der Waals surface area contributed by atoms with Crippen molar-refractivity contribution in [1.29, 1.82) is 5.26 Å². The number of hydrogen-bond acceptors (Lipinski definition) is 6. The van der Waals surface area contributed by atoms with E-state index in [1.807, 2.05) is 12.1 Å². The van der Waals surface area contributed by atoms with Gasteiger partial charge < -0.3 is 18.9 Å². The fraction of sp³-hybridized carbons (Fsp3) is 0.643. The highest BCUT2D eigenvalue weighted by Crippen LogP contribution is 2.50. The lowest BCUT2D eigenvalue weighted by atomic mass is 9.86. The molecule has 194 valence electrons. The minimum absolute atomic E-state index is 0.0697. The molecule has 6 nitrogen and oxygen atoms in total. The van der Waals surface area contributed by atoms with Gasteiger partial charge in [0.25, 0.3) is 0 Å². The molecule has 0 unspecified atom stereocenters. The van der Waals surface area contributed by atoms with E-state index in [1.54, 1.807) is 14.2 Å². The minimum atomic E-state index is -1.13. The van der Waals surface area contributed by atoms with Crippen LogP contribution in [0.4, 0.5) is 0 Å². The number of unbranched alkanes of at least 4 members (excludes halogenated alkanes) is 1. The number of fused-ring (bicyclic) bond motifs is 1. The van der Waals surface area contributed by atoms with Crippen molar-refractivity contribution in [1.82, 2.24) is 0 Å². The summed E-state index contributed by atoms with van der Waals surface area (Å²) in [4.78, 5) is 12.8. The lowest BCUT2D eigenvalue weighted by Gasteiger charge is -2.27. The summed E-state index contributed by atoms with van der Waals surface area (Å²) in [6, 6.07) is 11.1. The van der Waals surface area contributed by atoms with Gasteiger partial charge in [-0.2, -0.15) is 5.26 Å². The van der Waals surface area contributed by atoms with E-state index in [4.69, 9.17) is 18.9 Å². The standard InChI is InChI=1S/C28H43NO5Si/c1-8-35(9-2,10-3)16-15-33-13-11-12-14-34-27(30)23(20-29)22-19-28(4,5)24-18-26(32-7)25(31-6)17-21(22)24/h17-18H,8-16,19H2,1-7H3/b23-22+. The van der Waals surface area contributed by atoms with Crippen LogP contribution in [0.5, 0.6) is 11.5 Å². The lowest BCUT2D eigenvalue weighted by Crippen LogP contribution is -2.32. The first-order valence-electron chi connectivity index (χ1n) is 12.9. The third-order valence-electron chi connectivity index (χ3n) is 7.76. The maximum atomic E-state index is 12.8. The number of ether oxygens (including phenoxy) is 4. The molecule has 0 N–H and O–H groups in total. The average Bonchev–Trinajstić information content (AvgIpc) is 3.12. The third-order valence-corrected chi connectivity index (χ3v) is 13.5. The van der Waals surface area contributed by atoms with Gasteiger partial charge in [-0.15, -0.1) is 0 Å². The molecule has 0 spiro atoms. The largest absolute Gasteiger partial charge is 0.493 e. The molecule has 7 heteroatoms. The summed E-state index contributed by atoms with van der Waals surface area (Å²) in [5, 5.41) is 9.83. The normalized spacial score (nSPS) is 15.8. The van der Waals surface area contributed by atoms with Gasteiger partial charge in [-0.05, 0) is 59.6 Å². The van der Waals surface area contributed by atoms with Crippen LogP contribution in [0.15, 0.2) is 17.7 Å². The van der Waals surface area contributed by atoms with Crippen LogP contribution < -0.4 is 9.47 Å². The summed E-state index contributed by atoms with van der Waals surface area (Å²) < 4.78 is 22.3. The molecule has 1 aromatic rings. The van der Waals surface area contributed by atoms with Gasteiger partial charge in [-0.25, -0.2) is 4.79 Å². The van der Waals surface area contributed by atoms with Crippen molar-refractivity contribution in [2.75, 3.05) is 34.0 Å². The van der Waals surface area contributed by atoms with Crippen molar-refractivity contribution in [3.8, 4) is 17.6 Å². The molecule has 1 aliphatic carbocycles. The second-order valence-corrected chi connectivity index (χ2v) is 15.7. The van der Waals surface area contributed by atoms with Gasteiger partial charge in [-0.3, -0.25) is 0 Å². The molecule has 0 saturated heterocycles. The maximum absolute atomic E-state index is 12.8. The summed E-state index contributed by atoms with van der Waals surface area (Å²) in [5.74, 6) is 0.645. The first-order valence-corrected chi connectivity index (χ1v) is 15.7. The van der Waals surface area contributed by atoms with Crippen molar-refractivity contribution < 1.29 is 23.7 Å². The van der Waals surface area contributed by atoms with Crippen LogP contribution >= 0.6 is 0 Å². The van der Waals surface area contributed by atoms with Crippen LogP contribution in [0.25, 0.3) is 5.57 Å². The van der Waals surface area contributed by atoms with Gasteiger partial charge in [0.15, 0.2) is 11.5 Å². The Morgan fingerprint density at radius 3 is 2.17 bits per heavy atom. The van der Waals surface area contributed by atoms with Crippen LogP contribution in [0, 0.1) is 11.3 Å². The quantitative estimate of drug-likeness (QED) is 0.0950. The van der Waals surface area contributed by atoms with E-state index in [0.717, 1.165) is 24.2 Å². The van der Waals surface area contributed by atoms with Gasteiger partial charge in [0, 0.05) is 13.2 Å². The predicted molar refractivity (Wildman–Crippen MR) is 143 cm³/mol. The van der Waals surface area contributed by atoms with E-state index < -0.39 is 14.0 Å². The molecule has 0 radical (unpaired) electrons. The van der Waals surface area contributed by atoms with E-state index in [1.165, 1.54) is 24.2 Å². The zero-order valence-electron chi connectivity index (χ0n) is 22.7. The van der Waals surface area contributed by atoms with Gasteiger partial charge in [-0.1, -0.05) is 52.8 Å². The van der Waals surface area contributed by atoms with Crippen LogP contribution in [0.2, 0.25) is 24.2 Å². The van der Waals surface area contributed by atoms with Crippen LogP contribution in [-0.4, -0.2) is 48.1 Å². The van der Waals surface area contributed by atoms with Crippen molar-refractivity contribution in [3.63, 3.8) is 0 Å². The van der Waals surface area contributed by atoms with E-state index in [0.29, 0.717) is 36.5 Å². The number of esters is 1. The number of carbonyl (C=O) groups excluding carboxylic acids is 1. The first-order chi connectivity index (χ1) is 16.7. The molecule has 1 aliphatic rings. The number of rotatable bonds is 14. The third kappa shape index (κ3) is 6.89. The maximum Gasteiger partial charge on any atom is 0.349 e. The van der Waals surface area contributed by atoms with Crippen molar-refractivity contribution in [2.45, 2.75) is 83.5 Å². The zero-order valence-corrected chi connectivity index (χ0v) is 23.7. The van der Waals surface area contributed by atoms with Gasteiger partial charge in [0.1, 0.15) is 11.6 Å². The highest BCUT2D eigenvalue weighted by atomic mass is 28.3. The smallest absolute Gasteiger partial charge is 0.349 e. The summed E-state index contributed by atoms with van der Waals surface area (Å²) in [5.41, 5.74) is 2.42. The number of hydrogen-bond donors (Lipinski definition) is 0. The summed E-state index contributed by atoms with van der Waals surface area (Å²) >= 11 is 0. The Labute approximate surface area is 212 Å². The van der Waals surface area contributed by atoms with Crippen LogP contribution in [0.1, 0.15) is 65.0 Å². The van der Waals surface area contributed by atoms with E-state index in [-0.39, 0.29) is 17.6 Å². The highest BCUT2D eigenvalue weighted by Gasteiger charge is 2.38. The molecule has 0 aromatic heterocycles. The monoisotopic (exact) mass is 501 g/mol. The summed E-state index contributed by atoms with van der Waals surface area (Å²) in [6.07, 6.45) is 2.12. The highest BCUT2D eigenvalue weighted by molar-refractivity contribution is 6.79. The van der Waals surface area contributed by atoms with Gasteiger partial charge >= 0.3 is 5.97 Å². The second-order valence-electron chi connectivity index (χ2n) is 10.0. The Kier molecular flexibility index (Phi) is 10.9. The molecular weight excluding hydrogens is 458 g/mol. The number of methoxy groups -OCH3 is 2. The molecule has 0 aliphatic heterocycles. The Bertz CT molecular complexity index is 935. The summed E-state index contributed by atoms with van der Waals surface area (Å²) in [6.45, 7) is 12.9. The summed E-state index contributed by atoms with van der Waals surface area (Å²) in [7, 11) is 2.05. The Balaban J connectivity index is 1.95. The topological polar surface area (TPSA) is 77.8 Å². The number of allylic oxidation sites excluding steroid dienone is 1. The van der Waals surface area contributed by atoms with Gasteiger partial charge in [0.05, 0.1) is 28.9 Å². The Morgan fingerprint density at radius 1 is 1.00 bits per heavy atom. The molecule has 2 rings (SSSR count). The molecule has 1 aromatic carbocycles. The molecule has 0 fully saturated rings. The minimum Gasteiger partial charge on any atom is -0.493 e. The number of carbonyl (C=O) groups is 1. The zero-order chi connectivity index (χ0) is 26.1. The van der Waals surface area contributed by atoms with Crippen molar-refractivity contribution >= 4 is 19.6 Å². The molecule has 0 atom stereocenters. The number of nitrogens with zero attached hydrogens (tertiary/aromatic N) is 1. The van der Waals surface area contributed by atoms with Crippen LogP contribution in [-0.2, 0) is 19.7 Å². The van der Waals surface area contributed by atoms with E-state index >= 15 is 0 Å². The Hall–Kier alpha value is -2.30. The van der Waals surface area contributed by atoms with Crippen LogP contribution in [0.3, 0.4) is 0 Å². The van der Waals surface area contributed by atoms with E-state index in [9.17, 15) is 10.1 Å². The molecule has 0 amide bonds. The fourth-order valence-electron chi connectivity index (χ4n) is 4.99. The van der Waals surface area contributed by atoms with E-state index in [2.05, 4.69) is 40.7 Å². The number of nitriles is 1. The average molecular weight is 502 g/mol. The lowest BCUT2D eigenvalue weighted by molar-refractivity contribution is -0.138. The molecule has 0 bridgehead atoms. The predicted octanol–water partition coefficient (Wildman–Crippen LogP) is 6.51. The van der Waals surface area contributed by atoms with Gasteiger partial charge in [0.2, 0.25) is 0 Å². The van der Waals surface area contributed by atoms with Crippen molar-refractivity contribution in [3.05, 3.63) is 28.8 Å². The second kappa shape index (κ2) is 13.1.